The number of hydrogen-bond donors (Lipinski definition) is 1. The Balaban J connectivity index is 1.92. The molecule has 24 heavy (non-hydrogen) atoms. The molecule has 0 aromatic heterocycles. The summed E-state index contributed by atoms with van der Waals surface area (Å²) in [4.78, 5) is 0.0502. The molecule has 0 saturated carbocycles. The third-order valence-electron chi connectivity index (χ3n) is 4.07. The Morgan fingerprint density at radius 3 is 2.58 bits per heavy atom. The molecule has 1 fully saturated rings. The van der Waals surface area contributed by atoms with E-state index in [9.17, 15) is 16.8 Å². The Morgan fingerprint density at radius 2 is 2.00 bits per heavy atom. The fourth-order valence-corrected chi connectivity index (χ4v) is 5.91. The van der Waals surface area contributed by atoms with Gasteiger partial charge in [0.2, 0.25) is 10.0 Å². The van der Waals surface area contributed by atoms with Gasteiger partial charge in [-0.1, -0.05) is 0 Å². The van der Waals surface area contributed by atoms with Crippen molar-refractivity contribution in [3.8, 4) is 11.5 Å². The first kappa shape index (κ1) is 19.0. The van der Waals surface area contributed by atoms with Crippen LogP contribution in [0, 0.1) is 5.92 Å². The maximum Gasteiger partial charge on any atom is 0.244 e. The van der Waals surface area contributed by atoms with Crippen LogP contribution in [0.25, 0.3) is 0 Å². The minimum atomic E-state index is -3.70. The van der Waals surface area contributed by atoms with Gasteiger partial charge in [-0.05, 0) is 37.3 Å². The summed E-state index contributed by atoms with van der Waals surface area (Å²) in [5.41, 5.74) is 0. The molecule has 2 rings (SSSR count). The number of rotatable bonds is 8. The Kier molecular flexibility index (Phi) is 6.11. The van der Waals surface area contributed by atoms with Gasteiger partial charge in [0.05, 0.1) is 25.7 Å². The molecular formula is C15H23NO6S2. The lowest BCUT2D eigenvalue weighted by atomic mass is 10.0. The topological polar surface area (TPSA) is 98.8 Å². The molecule has 1 N–H and O–H groups in total. The van der Waals surface area contributed by atoms with E-state index in [-0.39, 0.29) is 34.6 Å². The second kappa shape index (κ2) is 7.71. The summed E-state index contributed by atoms with van der Waals surface area (Å²) in [7, 11) is -3.69. The van der Waals surface area contributed by atoms with Crippen molar-refractivity contribution in [2.75, 3.05) is 32.3 Å². The molecule has 1 heterocycles. The Morgan fingerprint density at radius 1 is 1.25 bits per heavy atom. The van der Waals surface area contributed by atoms with Gasteiger partial charge in [0.1, 0.15) is 16.4 Å². The molecule has 1 saturated heterocycles. The molecule has 1 unspecified atom stereocenters. The molecule has 0 radical (unpaired) electrons. The Bertz CT molecular complexity index is 773. The molecule has 1 aromatic carbocycles. The normalized spacial score (nSPS) is 20.0. The average molecular weight is 377 g/mol. The van der Waals surface area contributed by atoms with Gasteiger partial charge in [-0.25, -0.2) is 21.6 Å². The zero-order valence-electron chi connectivity index (χ0n) is 13.8. The molecule has 0 bridgehead atoms. The van der Waals surface area contributed by atoms with E-state index >= 15 is 0 Å². The van der Waals surface area contributed by atoms with E-state index in [0.29, 0.717) is 25.0 Å². The number of sulfonamides is 1. The zero-order chi connectivity index (χ0) is 17.8. The molecule has 9 heteroatoms. The third-order valence-corrected chi connectivity index (χ3v) is 7.41. The van der Waals surface area contributed by atoms with Crippen LogP contribution in [-0.2, 0) is 19.9 Å². The van der Waals surface area contributed by atoms with E-state index in [2.05, 4.69) is 4.72 Å². The fraction of sp³-hybridized carbons (Fsp3) is 0.600. The van der Waals surface area contributed by atoms with Crippen molar-refractivity contribution in [2.45, 2.75) is 24.2 Å². The smallest absolute Gasteiger partial charge is 0.244 e. The predicted molar refractivity (Wildman–Crippen MR) is 90.7 cm³/mol. The average Bonchev–Trinajstić information content (AvgIpc) is 2.90. The van der Waals surface area contributed by atoms with Gasteiger partial charge in [-0.2, -0.15) is 0 Å². The molecule has 1 aliphatic heterocycles. The van der Waals surface area contributed by atoms with Crippen LogP contribution >= 0.6 is 0 Å². The van der Waals surface area contributed by atoms with Crippen molar-refractivity contribution in [1.82, 2.24) is 4.72 Å². The molecule has 0 aliphatic carbocycles. The van der Waals surface area contributed by atoms with E-state index in [1.165, 1.54) is 26.4 Å². The molecule has 0 spiro atoms. The zero-order valence-corrected chi connectivity index (χ0v) is 15.5. The first-order chi connectivity index (χ1) is 11.3. The second-order valence-electron chi connectivity index (χ2n) is 5.83. The third kappa shape index (κ3) is 4.84. The standard InChI is InChI=1S/C15H23NO6S2/c1-21-13-5-6-15(14(10-13)22-2)24(19,20)16-8-3-4-12-7-9-23(17,18)11-12/h5-6,10,12,16H,3-4,7-9,11H2,1-2H3. The van der Waals surface area contributed by atoms with Crippen molar-refractivity contribution in [1.29, 1.82) is 0 Å². The highest BCUT2D eigenvalue weighted by Gasteiger charge is 2.27. The lowest BCUT2D eigenvalue weighted by molar-refractivity contribution is 0.386. The molecule has 7 nitrogen and oxygen atoms in total. The van der Waals surface area contributed by atoms with Crippen LogP contribution < -0.4 is 14.2 Å². The summed E-state index contributed by atoms with van der Waals surface area (Å²) in [5.74, 6) is 1.31. The van der Waals surface area contributed by atoms with E-state index in [0.717, 1.165) is 0 Å². The largest absolute Gasteiger partial charge is 0.497 e. The van der Waals surface area contributed by atoms with Gasteiger partial charge in [0.25, 0.3) is 0 Å². The summed E-state index contributed by atoms with van der Waals surface area (Å²) in [5, 5.41) is 0. The quantitative estimate of drug-likeness (QED) is 0.684. The molecule has 1 aromatic rings. The minimum absolute atomic E-state index is 0.0502. The fourth-order valence-electron chi connectivity index (χ4n) is 2.77. The van der Waals surface area contributed by atoms with E-state index in [4.69, 9.17) is 9.47 Å². The molecule has 1 atom stereocenters. The Labute approximate surface area is 143 Å². The van der Waals surface area contributed by atoms with Crippen LogP contribution in [0.15, 0.2) is 23.1 Å². The number of hydrogen-bond acceptors (Lipinski definition) is 6. The number of nitrogens with one attached hydrogen (secondary N) is 1. The monoisotopic (exact) mass is 377 g/mol. The van der Waals surface area contributed by atoms with Crippen LogP contribution in [0.3, 0.4) is 0 Å². The first-order valence-electron chi connectivity index (χ1n) is 7.69. The van der Waals surface area contributed by atoms with Crippen molar-refractivity contribution in [3.05, 3.63) is 18.2 Å². The lowest BCUT2D eigenvalue weighted by Gasteiger charge is -2.12. The van der Waals surface area contributed by atoms with Crippen molar-refractivity contribution in [2.24, 2.45) is 5.92 Å². The van der Waals surface area contributed by atoms with Gasteiger partial charge in [-0.3, -0.25) is 0 Å². The van der Waals surface area contributed by atoms with Gasteiger partial charge in [0, 0.05) is 12.6 Å². The summed E-state index contributed by atoms with van der Waals surface area (Å²) in [6.07, 6.45) is 1.96. The SMILES string of the molecule is COc1ccc(S(=O)(=O)NCCCC2CCS(=O)(=O)C2)c(OC)c1. The van der Waals surface area contributed by atoms with Gasteiger partial charge in [-0.15, -0.1) is 0 Å². The molecular weight excluding hydrogens is 354 g/mol. The number of benzene rings is 1. The van der Waals surface area contributed by atoms with Crippen LogP contribution in [0.5, 0.6) is 11.5 Å². The van der Waals surface area contributed by atoms with Crippen molar-refractivity contribution >= 4 is 19.9 Å². The van der Waals surface area contributed by atoms with Gasteiger partial charge in [0.15, 0.2) is 9.84 Å². The van der Waals surface area contributed by atoms with Crippen LogP contribution in [0.2, 0.25) is 0 Å². The molecule has 1 aliphatic rings. The Hall–Kier alpha value is -1.32. The summed E-state index contributed by atoms with van der Waals surface area (Å²) >= 11 is 0. The summed E-state index contributed by atoms with van der Waals surface area (Å²) < 4.78 is 60.3. The maximum absolute atomic E-state index is 12.4. The number of methoxy groups -OCH3 is 2. The summed E-state index contributed by atoms with van der Waals surface area (Å²) in [6, 6.07) is 4.50. The summed E-state index contributed by atoms with van der Waals surface area (Å²) in [6.45, 7) is 0.258. The highest BCUT2D eigenvalue weighted by Crippen LogP contribution is 2.28. The van der Waals surface area contributed by atoms with E-state index in [1.807, 2.05) is 0 Å². The van der Waals surface area contributed by atoms with Crippen LogP contribution in [0.4, 0.5) is 0 Å². The molecule has 0 amide bonds. The van der Waals surface area contributed by atoms with Crippen molar-refractivity contribution in [3.63, 3.8) is 0 Å². The second-order valence-corrected chi connectivity index (χ2v) is 9.79. The van der Waals surface area contributed by atoms with Gasteiger partial charge < -0.3 is 9.47 Å². The van der Waals surface area contributed by atoms with Gasteiger partial charge >= 0.3 is 0 Å². The van der Waals surface area contributed by atoms with Crippen LogP contribution in [0.1, 0.15) is 19.3 Å². The van der Waals surface area contributed by atoms with E-state index < -0.39 is 19.9 Å². The number of sulfone groups is 1. The highest BCUT2D eigenvalue weighted by atomic mass is 32.2. The molecule has 136 valence electrons. The number of ether oxygens (including phenoxy) is 2. The maximum atomic E-state index is 12.4. The lowest BCUT2D eigenvalue weighted by Crippen LogP contribution is -2.25. The highest BCUT2D eigenvalue weighted by molar-refractivity contribution is 7.91. The van der Waals surface area contributed by atoms with Crippen molar-refractivity contribution < 1.29 is 26.3 Å². The van der Waals surface area contributed by atoms with E-state index in [1.54, 1.807) is 6.07 Å². The van der Waals surface area contributed by atoms with Crippen LogP contribution in [-0.4, -0.2) is 49.1 Å². The first-order valence-corrected chi connectivity index (χ1v) is 11.0. The minimum Gasteiger partial charge on any atom is -0.497 e. The predicted octanol–water partition coefficient (Wildman–Crippen LogP) is 1.20.